The third-order valence-electron chi connectivity index (χ3n) is 2.44. The molecular weight excluding hydrogens is 192 g/mol. The van der Waals surface area contributed by atoms with E-state index in [0.29, 0.717) is 0 Å². The minimum absolute atomic E-state index is 1.06. The third-order valence-corrected chi connectivity index (χ3v) is 3.20. The Morgan fingerprint density at radius 1 is 1.64 bits per heavy atom. The van der Waals surface area contributed by atoms with Gasteiger partial charge in [0.1, 0.15) is 0 Å². The molecule has 0 N–H and O–H groups in total. The molecule has 0 aliphatic carbocycles. The summed E-state index contributed by atoms with van der Waals surface area (Å²) in [6, 6.07) is 2.19. The maximum Gasteiger partial charge on any atom is 0.151 e. The van der Waals surface area contributed by atoms with E-state index in [-0.39, 0.29) is 0 Å². The van der Waals surface area contributed by atoms with Gasteiger partial charge in [0.05, 0.1) is 10.2 Å². The number of thiazole rings is 1. The smallest absolute Gasteiger partial charge is 0.151 e. The summed E-state index contributed by atoms with van der Waals surface area (Å²) in [7, 11) is 2.05. The minimum Gasteiger partial charge on any atom is -0.328 e. The highest BCUT2D eigenvalue weighted by Crippen LogP contribution is 2.27. The zero-order valence-electron chi connectivity index (χ0n) is 8.58. The zero-order chi connectivity index (χ0) is 10.1. The van der Waals surface area contributed by atoms with Crippen molar-refractivity contribution in [2.24, 2.45) is 7.05 Å². The van der Waals surface area contributed by atoms with Crippen molar-refractivity contribution in [3.8, 4) is 0 Å². The molecule has 0 aliphatic heterocycles. The van der Waals surface area contributed by atoms with Crippen molar-refractivity contribution in [1.82, 2.24) is 9.55 Å². The first-order valence-electron chi connectivity index (χ1n) is 4.81. The molecule has 74 valence electrons. The van der Waals surface area contributed by atoms with Crippen LogP contribution in [0.2, 0.25) is 0 Å². The molecule has 0 fully saturated rings. The van der Waals surface area contributed by atoms with Crippen LogP contribution in [0.1, 0.15) is 25.5 Å². The fourth-order valence-corrected chi connectivity index (χ4v) is 2.44. The zero-order valence-corrected chi connectivity index (χ0v) is 9.40. The predicted octanol–water partition coefficient (Wildman–Crippen LogP) is 3.45. The van der Waals surface area contributed by atoms with E-state index >= 15 is 0 Å². The average Bonchev–Trinajstić information content (AvgIpc) is 2.69. The van der Waals surface area contributed by atoms with Crippen molar-refractivity contribution in [2.45, 2.75) is 19.8 Å². The van der Waals surface area contributed by atoms with E-state index in [9.17, 15) is 0 Å². The largest absolute Gasteiger partial charge is 0.328 e. The quantitative estimate of drug-likeness (QED) is 0.752. The highest BCUT2D eigenvalue weighted by molar-refractivity contribution is 7.16. The molecule has 0 aliphatic rings. The van der Waals surface area contributed by atoms with Gasteiger partial charge in [-0.05, 0) is 18.1 Å². The standard InChI is InChI=1S/C11H14N2S/c1-4-5-8(2)9-6-10-11(13(9)3)12-7-14-10/h6-7H,2,4-5H2,1,3H3. The summed E-state index contributed by atoms with van der Waals surface area (Å²) in [5.41, 5.74) is 5.39. The van der Waals surface area contributed by atoms with E-state index in [4.69, 9.17) is 0 Å². The van der Waals surface area contributed by atoms with Gasteiger partial charge in [-0.1, -0.05) is 19.9 Å². The van der Waals surface area contributed by atoms with Gasteiger partial charge >= 0.3 is 0 Å². The van der Waals surface area contributed by atoms with E-state index in [1.165, 1.54) is 16.0 Å². The van der Waals surface area contributed by atoms with Crippen molar-refractivity contribution in [3.63, 3.8) is 0 Å². The molecule has 2 heterocycles. The van der Waals surface area contributed by atoms with Crippen LogP contribution >= 0.6 is 11.3 Å². The Hall–Kier alpha value is -1.09. The second-order valence-corrected chi connectivity index (χ2v) is 4.37. The fourth-order valence-electron chi connectivity index (χ4n) is 1.70. The molecule has 2 aromatic rings. The van der Waals surface area contributed by atoms with Crippen LogP contribution in [0.3, 0.4) is 0 Å². The van der Waals surface area contributed by atoms with Crippen LogP contribution in [-0.2, 0) is 7.05 Å². The molecule has 2 nitrogen and oxygen atoms in total. The molecule has 0 amide bonds. The predicted molar refractivity (Wildman–Crippen MR) is 62.5 cm³/mol. The van der Waals surface area contributed by atoms with E-state index in [0.717, 1.165) is 18.5 Å². The maximum atomic E-state index is 4.32. The molecule has 0 bridgehead atoms. The molecular formula is C11H14N2S. The molecule has 0 atom stereocenters. The van der Waals surface area contributed by atoms with Gasteiger partial charge in [-0.2, -0.15) is 0 Å². The van der Waals surface area contributed by atoms with Crippen molar-refractivity contribution in [2.75, 3.05) is 0 Å². The summed E-state index contributed by atoms with van der Waals surface area (Å²) < 4.78 is 3.38. The van der Waals surface area contributed by atoms with Gasteiger partial charge in [-0.25, -0.2) is 4.98 Å². The number of aryl methyl sites for hydroxylation is 1. The topological polar surface area (TPSA) is 17.8 Å². The minimum atomic E-state index is 1.06. The summed E-state index contributed by atoms with van der Waals surface area (Å²) in [6.07, 6.45) is 2.20. The number of rotatable bonds is 3. The maximum absolute atomic E-state index is 4.32. The molecule has 0 radical (unpaired) electrons. The lowest BCUT2D eigenvalue weighted by molar-refractivity contribution is 0.900. The van der Waals surface area contributed by atoms with E-state index in [2.05, 4.69) is 36.2 Å². The SMILES string of the molecule is C=C(CCC)c1cc2scnc2n1C. The van der Waals surface area contributed by atoms with Crippen molar-refractivity contribution < 1.29 is 0 Å². The summed E-state index contributed by atoms with van der Waals surface area (Å²) in [6.45, 7) is 6.28. The fraction of sp³-hybridized carbons (Fsp3) is 0.364. The Morgan fingerprint density at radius 2 is 2.43 bits per heavy atom. The molecule has 2 rings (SSSR count). The van der Waals surface area contributed by atoms with Gasteiger partial charge in [0, 0.05) is 12.7 Å². The lowest BCUT2D eigenvalue weighted by Gasteiger charge is -2.05. The van der Waals surface area contributed by atoms with E-state index in [1.807, 2.05) is 5.51 Å². The Labute approximate surface area is 87.9 Å². The van der Waals surface area contributed by atoms with Crippen LogP contribution in [0.15, 0.2) is 18.2 Å². The second-order valence-electron chi connectivity index (χ2n) is 3.48. The number of hydrogen-bond acceptors (Lipinski definition) is 2. The molecule has 2 aromatic heterocycles. The van der Waals surface area contributed by atoms with Gasteiger partial charge < -0.3 is 4.57 Å². The number of fused-ring (bicyclic) bond motifs is 1. The third kappa shape index (κ3) is 1.38. The molecule has 0 spiro atoms. The summed E-state index contributed by atoms with van der Waals surface area (Å²) in [5.74, 6) is 0. The molecule has 0 unspecified atom stereocenters. The van der Waals surface area contributed by atoms with Crippen molar-refractivity contribution >= 4 is 27.3 Å². The lowest BCUT2D eigenvalue weighted by atomic mass is 10.1. The first-order valence-corrected chi connectivity index (χ1v) is 5.69. The van der Waals surface area contributed by atoms with Crippen LogP contribution in [0.25, 0.3) is 15.9 Å². The molecule has 3 heteroatoms. The van der Waals surface area contributed by atoms with Gasteiger partial charge in [0.2, 0.25) is 0 Å². The monoisotopic (exact) mass is 206 g/mol. The number of nitrogens with zero attached hydrogens (tertiary/aromatic N) is 2. The van der Waals surface area contributed by atoms with Crippen molar-refractivity contribution in [1.29, 1.82) is 0 Å². The van der Waals surface area contributed by atoms with Crippen LogP contribution in [0, 0.1) is 0 Å². The van der Waals surface area contributed by atoms with Crippen molar-refractivity contribution in [3.05, 3.63) is 23.8 Å². The summed E-state index contributed by atoms with van der Waals surface area (Å²) in [5, 5.41) is 0. The first-order chi connectivity index (χ1) is 6.74. The van der Waals surface area contributed by atoms with Gasteiger partial charge in [0.15, 0.2) is 5.65 Å². The molecule has 0 saturated carbocycles. The second kappa shape index (κ2) is 3.58. The molecule has 14 heavy (non-hydrogen) atoms. The summed E-state index contributed by atoms with van der Waals surface area (Å²) >= 11 is 1.68. The van der Waals surface area contributed by atoms with Gasteiger partial charge in [-0.3, -0.25) is 0 Å². The number of aromatic nitrogens is 2. The molecule has 0 aromatic carbocycles. The van der Waals surface area contributed by atoms with Gasteiger partial charge in [-0.15, -0.1) is 11.3 Å². The Kier molecular flexibility index (Phi) is 2.42. The highest BCUT2D eigenvalue weighted by atomic mass is 32.1. The molecule has 0 saturated heterocycles. The Balaban J connectivity index is 2.47. The summed E-state index contributed by atoms with van der Waals surface area (Å²) in [4.78, 5) is 4.32. The highest BCUT2D eigenvalue weighted by Gasteiger charge is 2.09. The van der Waals surface area contributed by atoms with Crippen LogP contribution in [0.5, 0.6) is 0 Å². The van der Waals surface area contributed by atoms with Crippen LogP contribution < -0.4 is 0 Å². The average molecular weight is 206 g/mol. The Morgan fingerprint density at radius 3 is 3.07 bits per heavy atom. The van der Waals surface area contributed by atoms with Gasteiger partial charge in [0.25, 0.3) is 0 Å². The number of allylic oxidation sites excluding steroid dienone is 1. The number of hydrogen-bond donors (Lipinski definition) is 0. The first kappa shape index (κ1) is 9.46. The normalized spacial score (nSPS) is 11.0. The van der Waals surface area contributed by atoms with E-state index < -0.39 is 0 Å². The van der Waals surface area contributed by atoms with Crippen LogP contribution in [0.4, 0.5) is 0 Å². The Bertz CT molecular complexity index is 465. The van der Waals surface area contributed by atoms with Crippen LogP contribution in [-0.4, -0.2) is 9.55 Å². The lowest BCUT2D eigenvalue weighted by Crippen LogP contribution is -1.95. The van der Waals surface area contributed by atoms with E-state index in [1.54, 1.807) is 11.3 Å².